The van der Waals surface area contributed by atoms with Crippen molar-refractivity contribution in [3.63, 3.8) is 0 Å². The molecule has 0 amide bonds. The molecule has 322 valence electrons. The molecule has 4 fully saturated rings. The van der Waals surface area contributed by atoms with Crippen molar-refractivity contribution in [3.8, 4) is 0 Å². The Morgan fingerprint density at radius 1 is 0.754 bits per heavy atom. The van der Waals surface area contributed by atoms with Crippen LogP contribution in [0.2, 0.25) is 0 Å². The van der Waals surface area contributed by atoms with E-state index in [1.165, 1.54) is 5.57 Å². The maximum Gasteiger partial charge on any atom is 0.310 e. The van der Waals surface area contributed by atoms with Gasteiger partial charge in [0, 0.05) is 10.8 Å². The van der Waals surface area contributed by atoms with Gasteiger partial charge >= 0.3 is 5.97 Å². The second kappa shape index (κ2) is 15.6. The molecule has 61 heavy (non-hydrogen) atoms. The van der Waals surface area contributed by atoms with Crippen molar-refractivity contribution >= 4 is 5.97 Å². The SMILES string of the molecule is CC(C)[C@@H](C)[C@@]1(C)CC[C@]2(C)[C@H]3CCC4[C@@]5(COC[C@@]4(C)[C@@H](O)[C@H](OC(c4ccccc4)(c4ccccc4)c4ccccc4)C5)C3=CC[C@@]2(C)[C@@H]1C(=O)OCc1ccccc1. The summed E-state index contributed by atoms with van der Waals surface area (Å²) in [6, 6.07) is 41.9. The van der Waals surface area contributed by atoms with Crippen molar-refractivity contribution in [2.75, 3.05) is 13.2 Å². The van der Waals surface area contributed by atoms with Gasteiger partial charge in [0.05, 0.1) is 31.3 Å². The molecule has 11 atom stereocenters. The number of carbonyl (C=O) groups excluding carboxylic acids is 1. The van der Waals surface area contributed by atoms with E-state index in [0.29, 0.717) is 38.1 Å². The number of hydrogen-bond acceptors (Lipinski definition) is 5. The quantitative estimate of drug-likeness (QED) is 0.0981. The summed E-state index contributed by atoms with van der Waals surface area (Å²) in [5.74, 6) is 0.997. The Kier molecular flexibility index (Phi) is 10.8. The number of esters is 1. The highest BCUT2D eigenvalue weighted by molar-refractivity contribution is 5.75. The van der Waals surface area contributed by atoms with Gasteiger partial charge in [0.25, 0.3) is 0 Å². The first kappa shape index (κ1) is 42.3. The van der Waals surface area contributed by atoms with Gasteiger partial charge in [0.2, 0.25) is 0 Å². The number of carbonyl (C=O) groups is 1. The molecule has 0 aromatic heterocycles. The van der Waals surface area contributed by atoms with Gasteiger partial charge in [-0.05, 0) is 101 Å². The highest BCUT2D eigenvalue weighted by atomic mass is 16.5. The van der Waals surface area contributed by atoms with E-state index in [0.717, 1.165) is 54.4 Å². The van der Waals surface area contributed by atoms with E-state index in [-0.39, 0.29) is 45.4 Å². The molecule has 5 heteroatoms. The van der Waals surface area contributed by atoms with Crippen molar-refractivity contribution < 1.29 is 24.1 Å². The molecule has 4 aromatic rings. The molecule has 0 spiro atoms. The van der Waals surface area contributed by atoms with Gasteiger partial charge in [-0.15, -0.1) is 0 Å². The number of aliphatic hydroxyl groups is 1. The van der Waals surface area contributed by atoms with Crippen LogP contribution in [0.1, 0.15) is 109 Å². The van der Waals surface area contributed by atoms with Gasteiger partial charge in [-0.3, -0.25) is 4.79 Å². The van der Waals surface area contributed by atoms with Gasteiger partial charge in [0.15, 0.2) is 0 Å². The highest BCUT2D eigenvalue weighted by Gasteiger charge is 2.72. The van der Waals surface area contributed by atoms with Crippen molar-refractivity contribution in [2.45, 2.75) is 111 Å². The fraction of sp³-hybridized carbons (Fsp3) is 0.518. The zero-order valence-electron chi connectivity index (χ0n) is 37.6. The molecular formula is C56H68O5. The fourth-order valence-electron chi connectivity index (χ4n) is 14.4. The normalized spacial score (nSPS) is 36.1. The van der Waals surface area contributed by atoms with Gasteiger partial charge in [-0.2, -0.15) is 0 Å². The van der Waals surface area contributed by atoms with Crippen molar-refractivity contribution in [1.29, 1.82) is 0 Å². The lowest BCUT2D eigenvalue weighted by Crippen LogP contribution is -2.70. The number of ether oxygens (including phenoxy) is 3. The summed E-state index contributed by atoms with van der Waals surface area (Å²) in [6.45, 7) is 18.1. The van der Waals surface area contributed by atoms with Crippen LogP contribution in [0.3, 0.4) is 0 Å². The standard InChI is InChI=1S/C56H68O5/c1-38(2)39(3)51(4)32-33-53(6)44-28-29-47-52(5)36-59-37-55(47,45(44)30-31-54(53,7)48(51)50(58)60-35-40-20-12-8-13-21-40)34-46(49(52)57)61-56(41-22-14-9-15-23-41,42-24-16-10-17-25-42)43-26-18-11-19-27-43/h8-27,30,38-39,44,46-49,57H,28-29,31-37H2,1-7H3/t39-,44+,46-,47?,48-,49+,51-,52-,53-,54+,55+/m1/s1. The van der Waals surface area contributed by atoms with Crippen molar-refractivity contribution in [1.82, 2.24) is 0 Å². The smallest absolute Gasteiger partial charge is 0.310 e. The Bertz CT molecular complexity index is 2110. The maximum atomic E-state index is 15.0. The molecule has 9 rings (SSSR count). The Labute approximate surface area is 365 Å². The second-order valence-corrected chi connectivity index (χ2v) is 21.2. The Balaban J connectivity index is 1.14. The van der Waals surface area contributed by atoms with E-state index in [1.807, 2.05) is 30.3 Å². The number of aliphatic hydroxyl groups excluding tert-OH is 1. The van der Waals surface area contributed by atoms with Crippen LogP contribution in [0.4, 0.5) is 0 Å². The minimum atomic E-state index is -0.960. The van der Waals surface area contributed by atoms with Gasteiger partial charge < -0.3 is 19.3 Å². The number of rotatable bonds is 10. The summed E-state index contributed by atoms with van der Waals surface area (Å²) in [5, 5.41) is 12.9. The molecule has 3 saturated carbocycles. The highest BCUT2D eigenvalue weighted by Crippen LogP contribution is 2.75. The fourth-order valence-corrected chi connectivity index (χ4v) is 14.4. The van der Waals surface area contributed by atoms with Crippen LogP contribution in [0.15, 0.2) is 133 Å². The lowest BCUT2D eigenvalue weighted by molar-refractivity contribution is -0.271. The number of allylic oxidation sites excluding steroid dienone is 1. The van der Waals surface area contributed by atoms with Crippen LogP contribution in [-0.2, 0) is 31.2 Å². The Morgan fingerprint density at radius 3 is 1.87 bits per heavy atom. The van der Waals surface area contributed by atoms with E-state index < -0.39 is 23.2 Å². The van der Waals surface area contributed by atoms with Gasteiger partial charge in [0.1, 0.15) is 12.2 Å². The lowest BCUT2D eigenvalue weighted by Gasteiger charge is -2.71. The summed E-state index contributed by atoms with van der Waals surface area (Å²) in [4.78, 5) is 15.0. The molecular weight excluding hydrogens is 753 g/mol. The number of fused-ring (bicyclic) bond motifs is 3. The van der Waals surface area contributed by atoms with Crippen LogP contribution in [0.25, 0.3) is 0 Å². The monoisotopic (exact) mass is 821 g/mol. The van der Waals surface area contributed by atoms with E-state index in [4.69, 9.17) is 14.2 Å². The average Bonchev–Trinajstić information content (AvgIpc) is 3.28. The molecule has 1 saturated heterocycles. The molecule has 0 radical (unpaired) electrons. The van der Waals surface area contributed by atoms with Crippen LogP contribution in [0, 0.1) is 56.7 Å². The Morgan fingerprint density at radius 2 is 1.31 bits per heavy atom. The van der Waals surface area contributed by atoms with E-state index in [9.17, 15) is 9.90 Å². The molecule has 5 nitrogen and oxygen atoms in total. The van der Waals surface area contributed by atoms with Crippen molar-refractivity contribution in [2.24, 2.45) is 56.7 Å². The molecule has 1 N–H and O–H groups in total. The van der Waals surface area contributed by atoms with Crippen LogP contribution >= 0.6 is 0 Å². The largest absolute Gasteiger partial charge is 0.461 e. The molecule has 5 aliphatic rings. The lowest BCUT2D eigenvalue weighted by atomic mass is 9.34. The molecule has 4 aromatic carbocycles. The van der Waals surface area contributed by atoms with Crippen LogP contribution in [-0.4, -0.2) is 36.5 Å². The molecule has 1 heterocycles. The van der Waals surface area contributed by atoms with Gasteiger partial charge in [-0.25, -0.2) is 0 Å². The second-order valence-electron chi connectivity index (χ2n) is 21.2. The zero-order chi connectivity index (χ0) is 42.8. The van der Waals surface area contributed by atoms with E-state index in [2.05, 4.69) is 146 Å². The first-order valence-electron chi connectivity index (χ1n) is 23.3. The van der Waals surface area contributed by atoms with E-state index in [1.54, 1.807) is 0 Å². The minimum absolute atomic E-state index is 0.0436. The maximum absolute atomic E-state index is 15.0. The summed E-state index contributed by atoms with van der Waals surface area (Å²) >= 11 is 0. The summed E-state index contributed by atoms with van der Waals surface area (Å²) in [6.07, 6.45) is 6.94. The van der Waals surface area contributed by atoms with Gasteiger partial charge in [-0.1, -0.05) is 181 Å². The number of benzene rings is 4. The summed E-state index contributed by atoms with van der Waals surface area (Å²) in [7, 11) is 0. The molecule has 2 bridgehead atoms. The average molecular weight is 821 g/mol. The Hall–Kier alpha value is -4.03. The van der Waals surface area contributed by atoms with Crippen LogP contribution in [0.5, 0.6) is 0 Å². The first-order chi connectivity index (χ1) is 29.2. The van der Waals surface area contributed by atoms with Crippen molar-refractivity contribution in [3.05, 3.63) is 155 Å². The predicted molar refractivity (Wildman–Crippen MR) is 242 cm³/mol. The summed E-state index contributed by atoms with van der Waals surface area (Å²) in [5.41, 5.74) is 3.18. The van der Waals surface area contributed by atoms with E-state index >= 15 is 0 Å². The van der Waals surface area contributed by atoms with Crippen LogP contribution < -0.4 is 0 Å². The third kappa shape index (κ3) is 6.37. The summed E-state index contributed by atoms with van der Waals surface area (Å²) < 4.78 is 21.0. The third-order valence-corrected chi connectivity index (χ3v) is 18.2. The molecule has 1 aliphatic heterocycles. The predicted octanol–water partition coefficient (Wildman–Crippen LogP) is 12.0. The zero-order valence-corrected chi connectivity index (χ0v) is 37.6. The third-order valence-electron chi connectivity index (χ3n) is 18.2. The first-order valence-corrected chi connectivity index (χ1v) is 23.3. The topological polar surface area (TPSA) is 65.0 Å². The molecule has 4 aliphatic carbocycles. The number of hydrogen-bond donors (Lipinski definition) is 1. The molecule has 1 unspecified atom stereocenters. The minimum Gasteiger partial charge on any atom is -0.461 e.